The number of benzene rings is 1. The van der Waals surface area contributed by atoms with Gasteiger partial charge in [-0.15, -0.1) is 0 Å². The highest BCUT2D eigenvalue weighted by atomic mass is 16.6. The molecule has 1 aromatic heterocycles. The van der Waals surface area contributed by atoms with Gasteiger partial charge in [0.1, 0.15) is 13.2 Å². The van der Waals surface area contributed by atoms with Crippen LogP contribution < -0.4 is 0 Å². The van der Waals surface area contributed by atoms with Crippen LogP contribution in [0.3, 0.4) is 0 Å². The number of esters is 2. The van der Waals surface area contributed by atoms with Crippen molar-refractivity contribution in [2.45, 2.75) is 20.3 Å². The number of para-hydroxylation sites is 1. The first-order valence-corrected chi connectivity index (χ1v) is 9.28. The molecular weight excluding hydrogens is 406 g/mol. The number of nitro benzene ring substituents is 1. The van der Waals surface area contributed by atoms with Crippen molar-refractivity contribution in [2.24, 2.45) is 0 Å². The molecule has 0 radical (unpaired) electrons. The topological polar surface area (TPSA) is 142 Å². The molecule has 1 aromatic carbocycles. The number of hydrogen-bond acceptors (Lipinski definition) is 9. The highest BCUT2D eigenvalue weighted by Gasteiger charge is 2.31. The molecule has 0 N–H and O–H groups in total. The Morgan fingerprint density at radius 2 is 1.65 bits per heavy atom. The third-order valence-corrected chi connectivity index (χ3v) is 4.30. The van der Waals surface area contributed by atoms with Gasteiger partial charge >= 0.3 is 11.9 Å². The van der Waals surface area contributed by atoms with Crippen LogP contribution in [0.25, 0.3) is 11.1 Å². The average molecular weight is 427 g/mol. The van der Waals surface area contributed by atoms with Crippen molar-refractivity contribution in [2.75, 3.05) is 26.9 Å². The second-order valence-electron chi connectivity index (χ2n) is 6.35. The zero-order valence-electron chi connectivity index (χ0n) is 17.3. The van der Waals surface area contributed by atoms with Gasteiger partial charge in [-0.2, -0.15) is 5.26 Å². The van der Waals surface area contributed by atoms with Crippen LogP contribution in [0.4, 0.5) is 5.69 Å². The van der Waals surface area contributed by atoms with Gasteiger partial charge in [0.25, 0.3) is 5.69 Å². The van der Waals surface area contributed by atoms with Crippen LogP contribution in [0, 0.1) is 35.3 Å². The molecule has 0 aliphatic heterocycles. The molecule has 2 rings (SSSR count). The molecule has 0 saturated heterocycles. The van der Waals surface area contributed by atoms with E-state index in [1.165, 1.54) is 32.2 Å². The van der Waals surface area contributed by atoms with Crippen molar-refractivity contribution in [3.8, 4) is 17.2 Å². The summed E-state index contributed by atoms with van der Waals surface area (Å²) in [7, 11) is 1.45. The van der Waals surface area contributed by atoms with Crippen molar-refractivity contribution in [3.05, 3.63) is 56.9 Å². The van der Waals surface area contributed by atoms with E-state index in [-0.39, 0.29) is 65.6 Å². The number of ether oxygens (including phenoxy) is 3. The Balaban J connectivity index is 2.78. The summed E-state index contributed by atoms with van der Waals surface area (Å²) in [6.07, 6.45) is -0.0309. The monoisotopic (exact) mass is 427 g/mol. The Kier molecular flexibility index (Phi) is 8.16. The number of aryl methyl sites for hydroxylation is 2. The number of pyridine rings is 1. The van der Waals surface area contributed by atoms with Crippen molar-refractivity contribution >= 4 is 17.6 Å². The third kappa shape index (κ3) is 5.40. The normalized spacial score (nSPS) is 10.3. The molecule has 2 aromatic rings. The van der Waals surface area contributed by atoms with E-state index in [0.717, 1.165) is 0 Å². The average Bonchev–Trinajstić information content (AvgIpc) is 2.73. The van der Waals surface area contributed by atoms with Crippen LogP contribution in [0.2, 0.25) is 0 Å². The molecule has 0 fully saturated rings. The summed E-state index contributed by atoms with van der Waals surface area (Å²) in [5, 5.41) is 20.3. The molecule has 31 heavy (non-hydrogen) atoms. The van der Waals surface area contributed by atoms with Gasteiger partial charge in [0.15, 0.2) is 0 Å². The maximum atomic E-state index is 12.9. The Morgan fingerprint density at radius 3 is 2.19 bits per heavy atom. The van der Waals surface area contributed by atoms with Crippen molar-refractivity contribution in [1.29, 1.82) is 5.26 Å². The Hall–Kier alpha value is -3.84. The summed E-state index contributed by atoms with van der Waals surface area (Å²) in [5.41, 5.74) is 0.0284. The maximum absolute atomic E-state index is 12.9. The quantitative estimate of drug-likeness (QED) is 0.255. The number of methoxy groups -OCH3 is 1. The first-order valence-electron chi connectivity index (χ1n) is 9.28. The van der Waals surface area contributed by atoms with Gasteiger partial charge in [-0.25, -0.2) is 9.59 Å². The number of hydrogen-bond donors (Lipinski definition) is 0. The number of rotatable bonds is 9. The van der Waals surface area contributed by atoms with Crippen LogP contribution in [-0.2, 0) is 14.2 Å². The predicted molar refractivity (Wildman–Crippen MR) is 108 cm³/mol. The van der Waals surface area contributed by atoms with Crippen LogP contribution in [0.1, 0.15) is 38.5 Å². The van der Waals surface area contributed by atoms with Gasteiger partial charge < -0.3 is 14.2 Å². The van der Waals surface area contributed by atoms with Gasteiger partial charge in [0.2, 0.25) is 0 Å². The second-order valence-corrected chi connectivity index (χ2v) is 6.35. The molecule has 0 bridgehead atoms. The summed E-state index contributed by atoms with van der Waals surface area (Å²) < 4.78 is 15.2. The molecule has 0 aliphatic rings. The number of aromatic nitrogens is 1. The summed E-state index contributed by atoms with van der Waals surface area (Å²) in [5.74, 6) is -1.65. The third-order valence-electron chi connectivity index (χ3n) is 4.30. The van der Waals surface area contributed by atoms with E-state index in [2.05, 4.69) is 4.98 Å². The largest absolute Gasteiger partial charge is 0.461 e. The molecule has 0 amide bonds. The number of nitrogens with zero attached hydrogens (tertiary/aromatic N) is 3. The van der Waals surface area contributed by atoms with Crippen LogP contribution in [-0.4, -0.2) is 48.8 Å². The Bertz CT molecular complexity index is 1040. The van der Waals surface area contributed by atoms with E-state index in [9.17, 15) is 19.7 Å². The highest BCUT2D eigenvalue weighted by Crippen LogP contribution is 2.37. The lowest BCUT2D eigenvalue weighted by Gasteiger charge is -2.18. The fourth-order valence-electron chi connectivity index (χ4n) is 3.01. The van der Waals surface area contributed by atoms with Gasteiger partial charge in [-0.1, -0.05) is 12.1 Å². The van der Waals surface area contributed by atoms with Crippen LogP contribution >= 0.6 is 0 Å². The summed E-state index contributed by atoms with van der Waals surface area (Å²) in [6.45, 7) is 3.00. The van der Waals surface area contributed by atoms with Crippen molar-refractivity contribution in [1.82, 2.24) is 4.98 Å². The molecule has 0 spiro atoms. The number of carbonyl (C=O) groups is 2. The lowest BCUT2D eigenvalue weighted by atomic mass is 9.91. The number of nitriles is 1. The van der Waals surface area contributed by atoms with Crippen LogP contribution in [0.15, 0.2) is 24.3 Å². The van der Waals surface area contributed by atoms with Crippen molar-refractivity contribution in [3.63, 3.8) is 0 Å². The minimum atomic E-state index is -0.848. The van der Waals surface area contributed by atoms with Gasteiger partial charge in [0.05, 0.1) is 52.1 Å². The minimum Gasteiger partial charge on any atom is -0.461 e. The number of nitro groups is 1. The molecular formula is C21H21N3O7. The summed E-state index contributed by atoms with van der Waals surface area (Å²) in [6, 6.07) is 7.59. The number of carbonyl (C=O) groups excluding carboxylic acids is 2. The zero-order valence-corrected chi connectivity index (χ0v) is 17.3. The molecule has 0 unspecified atom stereocenters. The second kappa shape index (κ2) is 10.8. The van der Waals surface area contributed by atoms with Gasteiger partial charge in [-0.05, 0) is 19.9 Å². The molecule has 10 heteroatoms. The van der Waals surface area contributed by atoms with E-state index >= 15 is 0 Å². The fourth-order valence-corrected chi connectivity index (χ4v) is 3.01. The van der Waals surface area contributed by atoms with E-state index in [1.807, 2.05) is 6.07 Å². The highest BCUT2D eigenvalue weighted by molar-refractivity contribution is 6.08. The fraction of sp³-hybridized carbons (Fsp3) is 0.333. The molecule has 1 heterocycles. The molecule has 0 aliphatic carbocycles. The smallest absolute Gasteiger partial charge is 0.340 e. The molecule has 10 nitrogen and oxygen atoms in total. The Labute approximate surface area is 178 Å². The Morgan fingerprint density at radius 1 is 1.06 bits per heavy atom. The zero-order chi connectivity index (χ0) is 23.0. The standard InChI is InChI=1S/C21H21N3O7/c1-13-17(20(25)30-10-6-9-22)19(15-7-4-5-8-16(15)24(27)28)18(14(2)23-13)21(26)31-12-11-29-3/h4-5,7-8H,6,10-12H2,1-3H3. The van der Waals surface area contributed by atoms with Crippen LogP contribution in [0.5, 0.6) is 0 Å². The SMILES string of the molecule is COCCOC(=O)c1c(C)nc(C)c(C(=O)OCCC#N)c1-c1ccccc1[N+](=O)[O-]. The lowest BCUT2D eigenvalue weighted by molar-refractivity contribution is -0.384. The van der Waals surface area contributed by atoms with E-state index in [0.29, 0.717) is 0 Å². The van der Waals surface area contributed by atoms with E-state index in [4.69, 9.17) is 19.5 Å². The first kappa shape index (κ1) is 23.4. The van der Waals surface area contributed by atoms with E-state index in [1.54, 1.807) is 13.0 Å². The van der Waals surface area contributed by atoms with Crippen molar-refractivity contribution < 1.29 is 28.7 Å². The molecule has 162 valence electrons. The lowest BCUT2D eigenvalue weighted by Crippen LogP contribution is -2.19. The molecule has 0 atom stereocenters. The maximum Gasteiger partial charge on any atom is 0.340 e. The van der Waals surface area contributed by atoms with Gasteiger partial charge in [-0.3, -0.25) is 15.1 Å². The van der Waals surface area contributed by atoms with E-state index < -0.39 is 16.9 Å². The van der Waals surface area contributed by atoms with Gasteiger partial charge in [0, 0.05) is 18.7 Å². The summed E-state index contributed by atoms with van der Waals surface area (Å²) >= 11 is 0. The minimum absolute atomic E-state index is 0.00155. The first-order chi connectivity index (χ1) is 14.8. The predicted octanol–water partition coefficient (Wildman–Crippen LogP) is 3.15. The summed E-state index contributed by atoms with van der Waals surface area (Å²) in [4.78, 5) is 41.0. The molecule has 0 saturated carbocycles.